The maximum atomic E-state index is 12.6. The summed E-state index contributed by atoms with van der Waals surface area (Å²) in [7, 11) is -8.39. The third-order valence-electron chi connectivity index (χ3n) is 3.77. The summed E-state index contributed by atoms with van der Waals surface area (Å²) in [5.74, 6) is -4.07. The van der Waals surface area contributed by atoms with Crippen LogP contribution in [-0.4, -0.2) is 51.6 Å². The van der Waals surface area contributed by atoms with Crippen molar-refractivity contribution in [3.8, 4) is 5.75 Å². The van der Waals surface area contributed by atoms with E-state index < -0.39 is 42.3 Å². The van der Waals surface area contributed by atoms with Gasteiger partial charge in [0.05, 0.1) is 12.0 Å². The number of anilines is 1. The van der Waals surface area contributed by atoms with Gasteiger partial charge >= 0.3 is 5.97 Å². The number of para-hydroxylation sites is 1. The largest absolute Gasteiger partial charge is 0.478 e. The quantitative estimate of drug-likeness (QED) is 0.447. The summed E-state index contributed by atoms with van der Waals surface area (Å²) >= 11 is 0. The molecule has 0 spiro atoms. The fourth-order valence-electron chi connectivity index (χ4n) is 2.21. The number of carbonyl (C=O) groups excluding carboxylic acids is 1. The Morgan fingerprint density at radius 1 is 1.04 bits per heavy atom. The van der Waals surface area contributed by atoms with Crippen molar-refractivity contribution in [3.05, 3.63) is 54.6 Å². The molecule has 0 saturated carbocycles. The van der Waals surface area contributed by atoms with Gasteiger partial charge in [-0.15, -0.1) is 0 Å². The fraction of sp³-hybridized carbons (Fsp3) is 0.235. The number of sulfone groups is 2. The Hall–Kier alpha value is -2.63. The molecule has 0 bridgehead atoms. The van der Waals surface area contributed by atoms with Gasteiger partial charge in [0, 0.05) is 5.69 Å². The topological polar surface area (TPSA) is 150 Å². The molecule has 28 heavy (non-hydrogen) atoms. The number of aliphatic hydroxyl groups is 1. The van der Waals surface area contributed by atoms with E-state index >= 15 is 0 Å². The molecule has 0 fully saturated rings. The van der Waals surface area contributed by atoms with E-state index in [2.05, 4.69) is 4.74 Å². The van der Waals surface area contributed by atoms with Crippen LogP contribution in [0.3, 0.4) is 0 Å². The highest BCUT2D eigenvalue weighted by Crippen LogP contribution is 2.25. The van der Waals surface area contributed by atoms with Gasteiger partial charge in [-0.1, -0.05) is 18.2 Å². The summed E-state index contributed by atoms with van der Waals surface area (Å²) in [5.41, 5.74) is 5.78. The zero-order valence-electron chi connectivity index (χ0n) is 14.8. The van der Waals surface area contributed by atoms with E-state index in [4.69, 9.17) is 10.5 Å². The van der Waals surface area contributed by atoms with Crippen LogP contribution in [0.4, 0.5) is 5.69 Å². The number of nitrogens with two attached hydrogens (primary N) is 1. The lowest BCUT2D eigenvalue weighted by molar-refractivity contribution is -0.152. The van der Waals surface area contributed by atoms with E-state index in [-0.39, 0.29) is 16.3 Å². The smallest absolute Gasteiger partial charge is 0.355 e. The Morgan fingerprint density at radius 2 is 1.61 bits per heavy atom. The molecule has 152 valence electrons. The summed E-state index contributed by atoms with van der Waals surface area (Å²) in [5, 5.41) is 10.6. The Balaban J connectivity index is 2.37. The minimum absolute atomic E-state index is 0.152. The molecule has 2 aromatic carbocycles. The van der Waals surface area contributed by atoms with Gasteiger partial charge in [-0.05, 0) is 36.4 Å². The zero-order chi connectivity index (χ0) is 21.0. The molecule has 0 aliphatic heterocycles. The molecule has 2 rings (SSSR count). The van der Waals surface area contributed by atoms with Gasteiger partial charge in [0.2, 0.25) is 9.84 Å². The molecule has 1 atom stereocenters. The zero-order valence-corrected chi connectivity index (χ0v) is 16.4. The van der Waals surface area contributed by atoms with Crippen LogP contribution in [-0.2, 0) is 29.2 Å². The van der Waals surface area contributed by atoms with E-state index in [1.807, 2.05) is 0 Å². The highest BCUT2D eigenvalue weighted by molar-refractivity contribution is 7.96. The Morgan fingerprint density at radius 3 is 2.14 bits per heavy atom. The SMILES string of the molecule is COC(=O)C(O)(CS(=O)(=O)c1ccc(N)cc1)S(=O)(=O)COc1ccccc1. The summed E-state index contributed by atoms with van der Waals surface area (Å²) in [6.07, 6.45) is 0. The second-order valence-corrected chi connectivity index (χ2v) is 9.92. The van der Waals surface area contributed by atoms with E-state index in [1.54, 1.807) is 18.2 Å². The average Bonchev–Trinajstić information content (AvgIpc) is 2.66. The number of hydrogen-bond donors (Lipinski definition) is 2. The number of nitrogen functional groups attached to an aromatic ring is 1. The lowest BCUT2D eigenvalue weighted by Gasteiger charge is -2.25. The lowest BCUT2D eigenvalue weighted by Crippen LogP contribution is -2.54. The van der Waals surface area contributed by atoms with Crippen LogP contribution in [0.1, 0.15) is 0 Å². The maximum absolute atomic E-state index is 12.6. The fourth-order valence-corrected chi connectivity index (χ4v) is 5.57. The summed E-state index contributed by atoms with van der Waals surface area (Å²) in [4.78, 5) is 8.38. The van der Waals surface area contributed by atoms with Crippen molar-refractivity contribution in [2.75, 3.05) is 24.5 Å². The van der Waals surface area contributed by atoms with Crippen molar-refractivity contribution in [3.63, 3.8) is 0 Å². The molecule has 1 unspecified atom stereocenters. The molecule has 0 aliphatic carbocycles. The molecule has 0 aromatic heterocycles. The molecule has 3 N–H and O–H groups in total. The number of ether oxygens (including phenoxy) is 2. The highest BCUT2D eigenvalue weighted by Gasteiger charge is 2.54. The first-order chi connectivity index (χ1) is 13.0. The van der Waals surface area contributed by atoms with E-state index in [0.29, 0.717) is 0 Å². The average molecular weight is 429 g/mol. The van der Waals surface area contributed by atoms with Crippen molar-refractivity contribution < 1.29 is 36.2 Å². The van der Waals surface area contributed by atoms with Crippen molar-refractivity contribution >= 4 is 31.3 Å². The minimum atomic E-state index is -4.83. The van der Waals surface area contributed by atoms with Crippen LogP contribution in [0, 0.1) is 0 Å². The first-order valence-corrected chi connectivity index (χ1v) is 11.1. The van der Waals surface area contributed by atoms with Crippen molar-refractivity contribution in [1.29, 1.82) is 0 Å². The predicted octanol–water partition coefficient (Wildman–Crippen LogP) is 0.355. The van der Waals surface area contributed by atoms with Crippen LogP contribution in [0.2, 0.25) is 0 Å². The highest BCUT2D eigenvalue weighted by atomic mass is 32.2. The summed E-state index contributed by atoms with van der Waals surface area (Å²) < 4.78 is 59.9. The van der Waals surface area contributed by atoms with Crippen molar-refractivity contribution in [2.45, 2.75) is 9.83 Å². The molecule has 0 radical (unpaired) electrons. The number of esters is 1. The normalized spacial score (nSPS) is 14.1. The van der Waals surface area contributed by atoms with Gasteiger partial charge in [-0.25, -0.2) is 21.6 Å². The first-order valence-electron chi connectivity index (χ1n) is 7.81. The van der Waals surface area contributed by atoms with Crippen LogP contribution in [0.15, 0.2) is 59.5 Å². The van der Waals surface area contributed by atoms with Gasteiger partial charge in [0.15, 0.2) is 15.8 Å². The molecule has 2 aromatic rings. The lowest BCUT2D eigenvalue weighted by atomic mass is 10.3. The Kier molecular flexibility index (Phi) is 6.32. The predicted molar refractivity (Wildman–Crippen MR) is 101 cm³/mol. The number of methoxy groups -OCH3 is 1. The van der Waals surface area contributed by atoms with Crippen molar-refractivity contribution in [1.82, 2.24) is 0 Å². The Bertz CT molecular complexity index is 1030. The van der Waals surface area contributed by atoms with E-state index in [1.165, 1.54) is 24.3 Å². The van der Waals surface area contributed by atoms with Gasteiger partial charge in [-0.2, -0.15) is 0 Å². The molecule has 0 heterocycles. The van der Waals surface area contributed by atoms with Gasteiger partial charge in [0.1, 0.15) is 11.5 Å². The third-order valence-corrected chi connectivity index (χ3v) is 7.51. The number of carbonyl (C=O) groups is 1. The monoisotopic (exact) mass is 429 g/mol. The second kappa shape index (κ2) is 8.17. The minimum Gasteiger partial charge on any atom is -0.478 e. The molecule has 0 aliphatic rings. The van der Waals surface area contributed by atoms with Gasteiger partial charge in [0.25, 0.3) is 4.93 Å². The van der Waals surface area contributed by atoms with Crippen LogP contribution in [0.5, 0.6) is 5.75 Å². The van der Waals surface area contributed by atoms with E-state index in [9.17, 15) is 26.7 Å². The van der Waals surface area contributed by atoms with Gasteiger partial charge in [-0.3, -0.25) is 0 Å². The first kappa shape index (κ1) is 21.7. The molecule has 0 amide bonds. The van der Waals surface area contributed by atoms with Gasteiger partial charge < -0.3 is 20.3 Å². The maximum Gasteiger partial charge on any atom is 0.355 e. The molecule has 0 saturated heterocycles. The molecule has 9 nitrogen and oxygen atoms in total. The molecular weight excluding hydrogens is 410 g/mol. The number of benzene rings is 2. The standard InChI is InChI=1S/C17H19NO8S2/c1-25-16(19)17(20,11-27(21,22)15-9-7-13(18)8-10-15)28(23,24)12-26-14-5-3-2-4-6-14/h2-10,20H,11-12,18H2,1H3. The van der Waals surface area contributed by atoms with Crippen LogP contribution in [0.25, 0.3) is 0 Å². The van der Waals surface area contributed by atoms with E-state index in [0.717, 1.165) is 19.2 Å². The van der Waals surface area contributed by atoms with Crippen LogP contribution >= 0.6 is 0 Å². The summed E-state index contributed by atoms with van der Waals surface area (Å²) in [6.45, 7) is 0. The number of rotatable bonds is 8. The molecule has 11 heteroatoms. The molecular formula is C17H19NO8S2. The second-order valence-electron chi connectivity index (χ2n) is 5.79. The number of hydrogen-bond acceptors (Lipinski definition) is 9. The third kappa shape index (κ3) is 4.61. The summed E-state index contributed by atoms with van der Waals surface area (Å²) in [6, 6.07) is 12.6. The van der Waals surface area contributed by atoms with Crippen LogP contribution < -0.4 is 10.5 Å². The Labute approximate surface area is 162 Å². The van der Waals surface area contributed by atoms with Crippen molar-refractivity contribution in [2.24, 2.45) is 0 Å².